The van der Waals surface area contributed by atoms with E-state index in [1.54, 1.807) is 0 Å². The third-order valence-electron chi connectivity index (χ3n) is 1.36. The van der Waals surface area contributed by atoms with Gasteiger partial charge in [-0.05, 0) is 13.0 Å². The lowest BCUT2D eigenvalue weighted by molar-refractivity contribution is -0.137. The smallest absolute Gasteiger partial charge is 0.330 e. The van der Waals surface area contributed by atoms with Gasteiger partial charge in [0, 0.05) is 6.08 Å². The fourth-order valence-corrected chi connectivity index (χ4v) is 0.565. The summed E-state index contributed by atoms with van der Waals surface area (Å²) in [5.41, 5.74) is 5.14. The minimum absolute atomic E-state index is 0.386. The van der Waals surface area contributed by atoms with Crippen LogP contribution in [-0.4, -0.2) is 19.1 Å². The maximum Gasteiger partial charge on any atom is 0.330 e. The molecule has 14 heavy (non-hydrogen) atoms. The highest BCUT2D eigenvalue weighted by atomic mass is 16.5. The number of hydrogen-bond acceptors (Lipinski definition) is 3. The summed E-state index contributed by atoms with van der Waals surface area (Å²) in [7, 11) is 0. The number of nitrogens with two attached hydrogens (primary N) is 1. The molecular formula is C11H22NO2. The van der Waals surface area contributed by atoms with Crippen molar-refractivity contribution < 1.29 is 9.53 Å². The highest BCUT2D eigenvalue weighted by Gasteiger charge is 1.91. The third-order valence-corrected chi connectivity index (χ3v) is 1.36. The van der Waals surface area contributed by atoms with Gasteiger partial charge in [-0.1, -0.05) is 39.7 Å². The van der Waals surface area contributed by atoms with E-state index in [0.717, 1.165) is 12.5 Å². The van der Waals surface area contributed by atoms with Crippen LogP contribution in [0.5, 0.6) is 0 Å². The Kier molecular flexibility index (Phi) is 16.4. The Bertz CT molecular complexity index is 133. The molecule has 3 heteroatoms. The Hall–Kier alpha value is -0.830. The number of carbonyl (C=O) groups excluding carboxylic acids is 1. The van der Waals surface area contributed by atoms with Crippen molar-refractivity contribution in [2.75, 3.05) is 13.2 Å². The second-order valence-electron chi connectivity index (χ2n) is 2.72. The van der Waals surface area contributed by atoms with Crippen LogP contribution in [0.4, 0.5) is 0 Å². The zero-order chi connectivity index (χ0) is 11.2. The summed E-state index contributed by atoms with van der Waals surface area (Å²) in [4.78, 5) is 10.3. The molecule has 0 saturated heterocycles. The molecule has 0 rings (SSSR count). The fourth-order valence-electron chi connectivity index (χ4n) is 0.565. The first kappa shape index (κ1) is 15.6. The normalized spacial score (nSPS) is 8.50. The maximum absolute atomic E-state index is 10.3. The Morgan fingerprint density at radius 2 is 2.14 bits per heavy atom. The van der Waals surface area contributed by atoms with Crippen LogP contribution in [-0.2, 0) is 9.53 Å². The SMILES string of the molecule is C=CC(=O)OCCCN.[CH2]CCCC. The van der Waals surface area contributed by atoms with Crippen molar-refractivity contribution in [3.63, 3.8) is 0 Å². The summed E-state index contributed by atoms with van der Waals surface area (Å²) in [6, 6.07) is 0. The standard InChI is InChI=1S/C6H11NO2.C5H11/c1-2-6(8)9-5-3-4-7;1-3-5-4-2/h2H,1,3-5,7H2;1,3-5H2,2H3. The predicted molar refractivity (Wildman–Crippen MR) is 59.7 cm³/mol. The monoisotopic (exact) mass is 200 g/mol. The van der Waals surface area contributed by atoms with Crippen molar-refractivity contribution in [2.45, 2.75) is 32.6 Å². The zero-order valence-corrected chi connectivity index (χ0v) is 9.13. The molecule has 0 atom stereocenters. The molecule has 0 amide bonds. The van der Waals surface area contributed by atoms with E-state index >= 15 is 0 Å². The minimum Gasteiger partial charge on any atom is -0.462 e. The third kappa shape index (κ3) is 17.3. The molecule has 0 spiro atoms. The second kappa shape index (κ2) is 14.7. The highest BCUT2D eigenvalue weighted by Crippen LogP contribution is 1.87. The topological polar surface area (TPSA) is 52.3 Å². The Morgan fingerprint density at radius 3 is 2.43 bits per heavy atom. The molecule has 0 aliphatic rings. The highest BCUT2D eigenvalue weighted by molar-refractivity contribution is 5.81. The van der Waals surface area contributed by atoms with Crippen molar-refractivity contribution in [1.29, 1.82) is 0 Å². The Morgan fingerprint density at radius 1 is 1.50 bits per heavy atom. The van der Waals surface area contributed by atoms with Gasteiger partial charge in [-0.25, -0.2) is 4.79 Å². The van der Waals surface area contributed by atoms with E-state index in [9.17, 15) is 4.79 Å². The first-order chi connectivity index (χ1) is 6.72. The number of unbranched alkanes of at least 4 members (excludes halogenated alkanes) is 2. The number of esters is 1. The molecule has 0 aromatic rings. The van der Waals surface area contributed by atoms with Crippen molar-refractivity contribution in [3.05, 3.63) is 19.6 Å². The summed E-state index contributed by atoms with van der Waals surface area (Å²) in [5.74, 6) is -0.386. The molecule has 3 nitrogen and oxygen atoms in total. The lowest BCUT2D eigenvalue weighted by atomic mass is 10.3. The van der Waals surface area contributed by atoms with Crippen LogP contribution in [0.1, 0.15) is 32.6 Å². The summed E-state index contributed by atoms with van der Waals surface area (Å²) in [6.07, 6.45) is 5.50. The maximum atomic E-state index is 10.3. The van der Waals surface area contributed by atoms with E-state index in [-0.39, 0.29) is 5.97 Å². The lowest BCUT2D eigenvalue weighted by Gasteiger charge is -1.97. The summed E-state index contributed by atoms with van der Waals surface area (Å²) < 4.78 is 4.59. The van der Waals surface area contributed by atoms with Crippen LogP contribution in [0.3, 0.4) is 0 Å². The zero-order valence-electron chi connectivity index (χ0n) is 9.13. The van der Waals surface area contributed by atoms with Gasteiger partial charge in [-0.3, -0.25) is 0 Å². The van der Waals surface area contributed by atoms with Crippen molar-refractivity contribution in [1.82, 2.24) is 0 Å². The van der Waals surface area contributed by atoms with Crippen LogP contribution >= 0.6 is 0 Å². The molecule has 0 fully saturated rings. The largest absolute Gasteiger partial charge is 0.462 e. The van der Waals surface area contributed by atoms with Gasteiger partial charge < -0.3 is 10.5 Å². The van der Waals surface area contributed by atoms with E-state index in [4.69, 9.17) is 5.73 Å². The van der Waals surface area contributed by atoms with Crippen LogP contribution in [0.25, 0.3) is 0 Å². The summed E-state index contributed by atoms with van der Waals surface area (Å²) >= 11 is 0. The number of carbonyl (C=O) groups is 1. The molecule has 0 unspecified atom stereocenters. The van der Waals surface area contributed by atoms with Crippen LogP contribution < -0.4 is 5.73 Å². The van der Waals surface area contributed by atoms with Gasteiger partial charge in [0.1, 0.15) is 0 Å². The fraction of sp³-hybridized carbons (Fsp3) is 0.636. The first-order valence-corrected chi connectivity index (χ1v) is 5.01. The molecule has 1 radical (unpaired) electrons. The number of rotatable bonds is 6. The van der Waals surface area contributed by atoms with E-state index in [0.29, 0.717) is 19.6 Å². The lowest BCUT2D eigenvalue weighted by Crippen LogP contribution is -2.07. The molecule has 2 N–H and O–H groups in total. The van der Waals surface area contributed by atoms with Crippen LogP contribution in [0.15, 0.2) is 12.7 Å². The molecule has 83 valence electrons. The van der Waals surface area contributed by atoms with Crippen molar-refractivity contribution >= 4 is 5.97 Å². The van der Waals surface area contributed by atoms with Gasteiger partial charge in [0.15, 0.2) is 0 Å². The number of ether oxygens (including phenoxy) is 1. The quantitative estimate of drug-likeness (QED) is 0.406. The van der Waals surface area contributed by atoms with Crippen molar-refractivity contribution in [2.24, 2.45) is 5.73 Å². The second-order valence-corrected chi connectivity index (χ2v) is 2.72. The van der Waals surface area contributed by atoms with Gasteiger partial charge in [0.2, 0.25) is 0 Å². The predicted octanol–water partition coefficient (Wildman–Crippen LogP) is 2.08. The molecule has 0 aromatic heterocycles. The van der Waals surface area contributed by atoms with E-state index in [1.165, 1.54) is 12.8 Å². The van der Waals surface area contributed by atoms with Crippen LogP contribution in [0, 0.1) is 6.92 Å². The summed E-state index contributed by atoms with van der Waals surface area (Å²) in [5, 5.41) is 0. The van der Waals surface area contributed by atoms with Gasteiger partial charge in [0.05, 0.1) is 6.61 Å². The molecule has 0 aliphatic carbocycles. The molecular weight excluding hydrogens is 178 g/mol. The van der Waals surface area contributed by atoms with E-state index in [1.807, 2.05) is 0 Å². The van der Waals surface area contributed by atoms with Gasteiger partial charge in [-0.2, -0.15) is 0 Å². The first-order valence-electron chi connectivity index (χ1n) is 5.01. The summed E-state index contributed by atoms with van der Waals surface area (Å²) in [6.45, 7) is 10.0. The molecule has 0 aromatic carbocycles. The number of hydrogen-bond donors (Lipinski definition) is 1. The van der Waals surface area contributed by atoms with Gasteiger partial charge >= 0.3 is 5.97 Å². The molecule has 0 bridgehead atoms. The van der Waals surface area contributed by atoms with Crippen molar-refractivity contribution in [3.8, 4) is 0 Å². The molecule has 0 heterocycles. The Labute approximate surface area is 87.3 Å². The van der Waals surface area contributed by atoms with Gasteiger partial charge in [-0.15, -0.1) is 0 Å². The average Bonchev–Trinajstić information content (AvgIpc) is 2.20. The molecule has 0 saturated carbocycles. The van der Waals surface area contributed by atoms with Gasteiger partial charge in [0.25, 0.3) is 0 Å². The van der Waals surface area contributed by atoms with E-state index in [2.05, 4.69) is 25.2 Å². The average molecular weight is 200 g/mol. The van der Waals surface area contributed by atoms with E-state index < -0.39 is 0 Å². The minimum atomic E-state index is -0.386. The molecule has 0 aliphatic heterocycles. The van der Waals surface area contributed by atoms with Crippen LogP contribution in [0.2, 0.25) is 0 Å². The Balaban J connectivity index is 0.